The molecule has 3 heterocycles. The second kappa shape index (κ2) is 11.0. The number of nitrogens with two attached hydrogens (primary N) is 1. The first-order chi connectivity index (χ1) is 18.7. The Bertz CT molecular complexity index is 1640. The molecule has 4 aromatic rings. The SMILES string of the molecule is C=CC(c1cc2ccc(Cl)cc2[nH]1)S(=O)(=O)N1CC(C=O)N(Cc2ccc3c(N)ncnc3c2)C(COC)C1. The van der Waals surface area contributed by atoms with Crippen LogP contribution in [-0.4, -0.2) is 77.8 Å². The molecule has 1 fully saturated rings. The Morgan fingerprint density at radius 1 is 1.23 bits per heavy atom. The van der Waals surface area contributed by atoms with Gasteiger partial charge in [0.25, 0.3) is 0 Å². The molecule has 0 aliphatic carbocycles. The highest BCUT2D eigenvalue weighted by molar-refractivity contribution is 7.89. The zero-order valence-electron chi connectivity index (χ0n) is 21.3. The summed E-state index contributed by atoms with van der Waals surface area (Å²) < 4.78 is 34.7. The van der Waals surface area contributed by atoms with E-state index in [2.05, 4.69) is 21.5 Å². The fourth-order valence-electron chi connectivity index (χ4n) is 5.19. The molecule has 204 valence electrons. The van der Waals surface area contributed by atoms with Crippen molar-refractivity contribution in [3.05, 3.63) is 77.7 Å². The molecule has 0 radical (unpaired) electrons. The molecule has 3 atom stereocenters. The molecule has 0 saturated carbocycles. The van der Waals surface area contributed by atoms with E-state index in [9.17, 15) is 13.2 Å². The van der Waals surface area contributed by atoms with Gasteiger partial charge in [-0.2, -0.15) is 4.31 Å². The van der Waals surface area contributed by atoms with Gasteiger partial charge in [-0.3, -0.25) is 4.90 Å². The number of anilines is 1. The first-order valence-corrected chi connectivity index (χ1v) is 14.2. The number of carbonyl (C=O) groups is 1. The van der Waals surface area contributed by atoms with E-state index in [1.807, 2.05) is 29.2 Å². The number of ether oxygens (including phenoxy) is 1. The normalized spacial score (nSPS) is 19.8. The van der Waals surface area contributed by atoms with Crippen molar-refractivity contribution in [3.63, 3.8) is 0 Å². The third kappa shape index (κ3) is 5.28. The van der Waals surface area contributed by atoms with Crippen molar-refractivity contribution in [2.24, 2.45) is 0 Å². The van der Waals surface area contributed by atoms with Crippen LogP contribution in [-0.2, 0) is 26.1 Å². The van der Waals surface area contributed by atoms with E-state index < -0.39 is 21.3 Å². The number of nitrogen functional groups attached to an aromatic ring is 1. The molecule has 2 aromatic heterocycles. The van der Waals surface area contributed by atoms with Crippen LogP contribution in [0.1, 0.15) is 16.5 Å². The van der Waals surface area contributed by atoms with Crippen LogP contribution in [0.2, 0.25) is 5.02 Å². The molecule has 10 nitrogen and oxygen atoms in total. The number of halogens is 1. The summed E-state index contributed by atoms with van der Waals surface area (Å²) in [6.45, 7) is 4.60. The zero-order valence-corrected chi connectivity index (χ0v) is 22.9. The van der Waals surface area contributed by atoms with Crippen LogP contribution in [0, 0.1) is 0 Å². The predicted molar refractivity (Wildman–Crippen MR) is 152 cm³/mol. The highest BCUT2D eigenvalue weighted by Gasteiger charge is 2.42. The van der Waals surface area contributed by atoms with E-state index in [1.54, 1.807) is 25.3 Å². The Labute approximate surface area is 231 Å². The molecule has 0 bridgehead atoms. The molecule has 0 spiro atoms. The number of aromatic amines is 1. The lowest BCUT2D eigenvalue weighted by atomic mass is 10.1. The van der Waals surface area contributed by atoms with Crippen LogP contribution >= 0.6 is 11.6 Å². The second-order valence-electron chi connectivity index (χ2n) is 9.57. The van der Waals surface area contributed by atoms with Crippen molar-refractivity contribution in [1.82, 2.24) is 24.2 Å². The zero-order chi connectivity index (χ0) is 27.7. The number of H-pyrrole nitrogens is 1. The van der Waals surface area contributed by atoms with Crippen LogP contribution < -0.4 is 5.73 Å². The van der Waals surface area contributed by atoms with Gasteiger partial charge in [0.15, 0.2) is 0 Å². The summed E-state index contributed by atoms with van der Waals surface area (Å²) in [5.74, 6) is 0.392. The van der Waals surface area contributed by atoms with Gasteiger partial charge in [-0.25, -0.2) is 18.4 Å². The van der Waals surface area contributed by atoms with Crippen molar-refractivity contribution >= 4 is 55.5 Å². The van der Waals surface area contributed by atoms with Gasteiger partial charge in [0.2, 0.25) is 10.0 Å². The van der Waals surface area contributed by atoms with Crippen molar-refractivity contribution in [1.29, 1.82) is 0 Å². The quantitative estimate of drug-likeness (QED) is 0.232. The number of nitrogens with zero attached hydrogens (tertiary/aromatic N) is 4. The van der Waals surface area contributed by atoms with Crippen molar-refractivity contribution < 1.29 is 17.9 Å². The maximum Gasteiger partial charge on any atom is 0.226 e. The van der Waals surface area contributed by atoms with Gasteiger partial charge in [0.1, 0.15) is 23.7 Å². The smallest absolute Gasteiger partial charge is 0.226 e. The summed E-state index contributed by atoms with van der Waals surface area (Å²) in [6, 6.07) is 11.7. The maximum atomic E-state index is 13.9. The topological polar surface area (TPSA) is 135 Å². The largest absolute Gasteiger partial charge is 0.383 e. The molecule has 3 unspecified atom stereocenters. The van der Waals surface area contributed by atoms with E-state index in [1.165, 1.54) is 16.7 Å². The van der Waals surface area contributed by atoms with Gasteiger partial charge in [0.05, 0.1) is 18.2 Å². The summed E-state index contributed by atoms with van der Waals surface area (Å²) >= 11 is 6.11. The number of nitrogens with one attached hydrogen (secondary N) is 1. The van der Waals surface area contributed by atoms with Gasteiger partial charge >= 0.3 is 0 Å². The Kier molecular flexibility index (Phi) is 7.70. The second-order valence-corrected chi connectivity index (χ2v) is 12.1. The molecule has 1 aliphatic heterocycles. The Balaban J connectivity index is 1.43. The lowest BCUT2D eigenvalue weighted by molar-refractivity contribution is -0.116. The number of hydrogen-bond acceptors (Lipinski definition) is 8. The van der Waals surface area contributed by atoms with E-state index in [4.69, 9.17) is 22.1 Å². The molecular formula is C27H29ClN6O4S. The fraction of sp³-hybridized carbons (Fsp3) is 0.296. The van der Waals surface area contributed by atoms with Gasteiger partial charge < -0.3 is 20.2 Å². The molecule has 0 amide bonds. The average Bonchev–Trinajstić information content (AvgIpc) is 3.32. The van der Waals surface area contributed by atoms with E-state index in [-0.39, 0.29) is 25.7 Å². The number of sulfonamides is 1. The van der Waals surface area contributed by atoms with Crippen molar-refractivity contribution in [2.45, 2.75) is 23.9 Å². The van der Waals surface area contributed by atoms with Crippen LogP contribution in [0.3, 0.4) is 0 Å². The molecule has 1 aliphatic rings. The van der Waals surface area contributed by atoms with Crippen LogP contribution in [0.15, 0.2) is 61.4 Å². The number of aromatic nitrogens is 3. The van der Waals surface area contributed by atoms with Gasteiger partial charge in [0, 0.05) is 54.4 Å². The third-order valence-corrected chi connectivity index (χ3v) is 9.46. The Hall–Kier alpha value is -3.35. The standard InChI is InChI=1S/C27H29ClN6O4S/c1-3-26(25-9-18-5-6-19(28)10-23(18)32-25)39(36,37)33-12-20(14-35)34(21(13-33)15-38-2)11-17-4-7-22-24(8-17)30-16-31-27(22)29/h3-10,14,16,20-21,26,32H,1,11-13,15H2,2H3,(H2,29,30,31). The maximum absolute atomic E-state index is 13.9. The third-order valence-electron chi connectivity index (χ3n) is 7.12. The van der Waals surface area contributed by atoms with Crippen molar-refractivity contribution in [3.8, 4) is 0 Å². The number of rotatable bonds is 9. The lowest BCUT2D eigenvalue weighted by Crippen LogP contribution is -2.61. The van der Waals surface area contributed by atoms with Crippen LogP contribution in [0.25, 0.3) is 21.8 Å². The minimum atomic E-state index is -3.93. The molecule has 39 heavy (non-hydrogen) atoms. The van der Waals surface area contributed by atoms with Gasteiger partial charge in [-0.1, -0.05) is 29.8 Å². The summed E-state index contributed by atoms with van der Waals surface area (Å²) in [6.07, 6.45) is 3.60. The molecule has 2 aromatic carbocycles. The Morgan fingerprint density at radius 3 is 2.79 bits per heavy atom. The Morgan fingerprint density at radius 2 is 2.05 bits per heavy atom. The average molecular weight is 569 g/mol. The summed E-state index contributed by atoms with van der Waals surface area (Å²) in [7, 11) is -2.38. The summed E-state index contributed by atoms with van der Waals surface area (Å²) in [5.41, 5.74) is 8.77. The summed E-state index contributed by atoms with van der Waals surface area (Å²) in [5, 5.41) is 1.10. The predicted octanol–water partition coefficient (Wildman–Crippen LogP) is 3.30. The first kappa shape index (κ1) is 27.2. The molecule has 1 saturated heterocycles. The van der Waals surface area contributed by atoms with E-state index in [0.717, 1.165) is 28.1 Å². The van der Waals surface area contributed by atoms with Crippen LogP contribution in [0.4, 0.5) is 5.82 Å². The van der Waals surface area contributed by atoms with E-state index in [0.29, 0.717) is 28.6 Å². The number of carbonyl (C=O) groups excluding carboxylic acids is 1. The highest BCUT2D eigenvalue weighted by atomic mass is 35.5. The van der Waals surface area contributed by atoms with Crippen LogP contribution in [0.5, 0.6) is 0 Å². The number of benzene rings is 2. The van der Waals surface area contributed by atoms with Gasteiger partial charge in [-0.15, -0.1) is 6.58 Å². The van der Waals surface area contributed by atoms with E-state index >= 15 is 0 Å². The minimum Gasteiger partial charge on any atom is -0.383 e. The highest BCUT2D eigenvalue weighted by Crippen LogP contribution is 2.32. The van der Waals surface area contributed by atoms with Crippen molar-refractivity contribution in [2.75, 3.05) is 32.5 Å². The number of methoxy groups -OCH3 is 1. The van der Waals surface area contributed by atoms with Gasteiger partial charge in [-0.05, 0) is 41.3 Å². The number of piperazine rings is 1. The molecule has 5 rings (SSSR count). The summed E-state index contributed by atoms with van der Waals surface area (Å²) in [4.78, 5) is 25.8. The number of aldehydes is 1. The number of fused-ring (bicyclic) bond motifs is 2. The molecule has 12 heteroatoms. The fourth-order valence-corrected chi connectivity index (χ4v) is 7.12. The monoisotopic (exact) mass is 568 g/mol. The lowest BCUT2D eigenvalue weighted by Gasteiger charge is -2.44. The first-order valence-electron chi connectivity index (χ1n) is 12.3. The number of hydrogen-bond donors (Lipinski definition) is 2. The molecule has 3 N–H and O–H groups in total. The molecular weight excluding hydrogens is 540 g/mol. The minimum absolute atomic E-state index is 0.00510.